The number of anilines is 1. The normalized spacial score (nSPS) is 18.4. The van der Waals surface area contributed by atoms with Crippen molar-refractivity contribution in [2.45, 2.75) is 57.4 Å². The van der Waals surface area contributed by atoms with Crippen LogP contribution in [0.25, 0.3) is 0 Å². The third-order valence-corrected chi connectivity index (χ3v) is 5.33. The van der Waals surface area contributed by atoms with Gasteiger partial charge in [-0.3, -0.25) is 34.2 Å². The van der Waals surface area contributed by atoms with E-state index < -0.39 is 29.7 Å². The van der Waals surface area contributed by atoms with Crippen molar-refractivity contribution in [3.05, 3.63) is 29.3 Å². The lowest BCUT2D eigenvalue weighted by Crippen LogP contribution is -2.54. The highest BCUT2D eigenvalue weighted by molar-refractivity contribution is 6.23. The van der Waals surface area contributed by atoms with E-state index >= 15 is 0 Å². The largest absolute Gasteiger partial charge is 0.330 e. The Balaban J connectivity index is 1.60. The van der Waals surface area contributed by atoms with Gasteiger partial charge >= 0.3 is 0 Å². The van der Waals surface area contributed by atoms with E-state index in [1.807, 2.05) is 0 Å². The number of fused-ring (bicyclic) bond motifs is 1. The molecule has 4 N–H and O–H groups in total. The fraction of sp³-hybridized carbons (Fsp3) is 0.476. The van der Waals surface area contributed by atoms with Crippen molar-refractivity contribution in [2.24, 2.45) is 5.73 Å². The second kappa shape index (κ2) is 9.62. The number of benzene rings is 1. The van der Waals surface area contributed by atoms with E-state index in [0.29, 0.717) is 18.7 Å². The van der Waals surface area contributed by atoms with Gasteiger partial charge in [0.15, 0.2) is 0 Å². The Morgan fingerprint density at radius 2 is 1.73 bits per heavy atom. The standard InChI is InChI=1S/C21H26N4O5/c22-11-5-3-1-2-4-6-17(26)23-13-7-8-14-15(12-13)21(30)25(20(14)29)16-9-10-18(27)24-19(16)28/h7-8,12,16H,1-6,9-11,22H2,(H,23,26)(H,24,27,28). The Labute approximate surface area is 174 Å². The van der Waals surface area contributed by atoms with E-state index in [1.165, 1.54) is 12.1 Å². The maximum atomic E-state index is 12.8. The van der Waals surface area contributed by atoms with Gasteiger partial charge in [0.05, 0.1) is 11.1 Å². The minimum atomic E-state index is -1.01. The van der Waals surface area contributed by atoms with Gasteiger partial charge in [0.1, 0.15) is 6.04 Å². The second-order valence-corrected chi connectivity index (χ2v) is 7.56. The summed E-state index contributed by atoms with van der Waals surface area (Å²) in [6, 6.07) is 3.49. The summed E-state index contributed by atoms with van der Waals surface area (Å²) in [4.78, 5) is 61.9. The lowest BCUT2D eigenvalue weighted by Gasteiger charge is -2.27. The number of nitrogens with zero attached hydrogens (tertiary/aromatic N) is 1. The molecule has 2 aliphatic heterocycles. The van der Waals surface area contributed by atoms with Crippen molar-refractivity contribution in [1.82, 2.24) is 10.2 Å². The van der Waals surface area contributed by atoms with Crippen LogP contribution < -0.4 is 16.4 Å². The zero-order valence-electron chi connectivity index (χ0n) is 16.7. The Morgan fingerprint density at radius 3 is 2.47 bits per heavy atom. The van der Waals surface area contributed by atoms with Crippen LogP contribution in [0, 0.1) is 0 Å². The SMILES string of the molecule is NCCCCCCCC(=O)Nc1ccc2c(c1)C(=O)N(C1CCC(=O)NC1=O)C2=O. The monoisotopic (exact) mass is 414 g/mol. The van der Waals surface area contributed by atoms with E-state index in [4.69, 9.17) is 5.73 Å². The van der Waals surface area contributed by atoms with Gasteiger partial charge in [-0.05, 0) is 44.0 Å². The molecule has 1 aromatic carbocycles. The zero-order chi connectivity index (χ0) is 21.7. The van der Waals surface area contributed by atoms with Crippen LogP contribution in [0.3, 0.4) is 0 Å². The first-order chi connectivity index (χ1) is 14.4. The lowest BCUT2D eigenvalue weighted by atomic mass is 10.0. The molecule has 0 saturated carbocycles. The molecule has 0 spiro atoms. The van der Waals surface area contributed by atoms with E-state index in [0.717, 1.165) is 37.0 Å². The molecule has 0 bridgehead atoms. The van der Waals surface area contributed by atoms with Crippen LogP contribution in [-0.2, 0) is 14.4 Å². The van der Waals surface area contributed by atoms with Crippen LogP contribution in [0.5, 0.6) is 0 Å². The molecular formula is C21H26N4O5. The fourth-order valence-corrected chi connectivity index (χ4v) is 3.73. The van der Waals surface area contributed by atoms with Gasteiger partial charge < -0.3 is 11.1 Å². The molecule has 2 heterocycles. The smallest absolute Gasteiger partial charge is 0.262 e. The summed E-state index contributed by atoms with van der Waals surface area (Å²) < 4.78 is 0. The number of hydrogen-bond acceptors (Lipinski definition) is 6. The number of amides is 5. The Hall–Kier alpha value is -3.07. The average molecular weight is 414 g/mol. The first-order valence-electron chi connectivity index (χ1n) is 10.3. The van der Waals surface area contributed by atoms with E-state index in [2.05, 4.69) is 10.6 Å². The number of carbonyl (C=O) groups excluding carboxylic acids is 5. The molecule has 160 valence electrons. The van der Waals surface area contributed by atoms with Gasteiger partial charge in [0.2, 0.25) is 17.7 Å². The molecule has 1 atom stereocenters. The van der Waals surface area contributed by atoms with Gasteiger partial charge in [-0.15, -0.1) is 0 Å². The molecule has 30 heavy (non-hydrogen) atoms. The number of hydrogen-bond donors (Lipinski definition) is 3. The molecule has 3 rings (SSSR count). The van der Waals surface area contributed by atoms with Crippen LogP contribution in [0.4, 0.5) is 5.69 Å². The number of nitrogens with one attached hydrogen (secondary N) is 2. The summed E-state index contributed by atoms with van der Waals surface area (Å²) >= 11 is 0. The molecule has 0 radical (unpaired) electrons. The van der Waals surface area contributed by atoms with Gasteiger partial charge in [0, 0.05) is 18.5 Å². The maximum absolute atomic E-state index is 12.8. The highest BCUT2D eigenvalue weighted by Crippen LogP contribution is 2.29. The van der Waals surface area contributed by atoms with Crippen molar-refractivity contribution >= 4 is 35.2 Å². The molecule has 9 nitrogen and oxygen atoms in total. The van der Waals surface area contributed by atoms with Gasteiger partial charge in [0.25, 0.3) is 11.8 Å². The van der Waals surface area contributed by atoms with Crippen molar-refractivity contribution in [3.63, 3.8) is 0 Å². The number of unbranched alkanes of at least 4 members (excludes halogenated alkanes) is 4. The molecule has 2 aliphatic rings. The highest BCUT2D eigenvalue weighted by Gasteiger charge is 2.44. The van der Waals surface area contributed by atoms with E-state index in [1.54, 1.807) is 6.07 Å². The number of imide groups is 2. The summed E-state index contributed by atoms with van der Waals surface area (Å²) in [6.07, 6.45) is 5.34. The Bertz CT molecular complexity index is 882. The van der Waals surface area contributed by atoms with E-state index in [9.17, 15) is 24.0 Å². The number of rotatable bonds is 9. The van der Waals surface area contributed by atoms with Crippen LogP contribution in [0.2, 0.25) is 0 Å². The Morgan fingerprint density at radius 1 is 1.03 bits per heavy atom. The first kappa shape index (κ1) is 21.6. The van der Waals surface area contributed by atoms with Crippen LogP contribution in [-0.4, -0.2) is 47.0 Å². The number of piperidine rings is 1. The molecule has 0 aliphatic carbocycles. The van der Waals surface area contributed by atoms with E-state index in [-0.39, 0.29) is 29.9 Å². The van der Waals surface area contributed by atoms with Gasteiger partial charge in [-0.25, -0.2) is 0 Å². The topological polar surface area (TPSA) is 139 Å². The Kier molecular flexibility index (Phi) is 6.94. The van der Waals surface area contributed by atoms with Crippen LogP contribution in [0.15, 0.2) is 18.2 Å². The fourth-order valence-electron chi connectivity index (χ4n) is 3.73. The quantitative estimate of drug-likeness (QED) is 0.411. The van der Waals surface area contributed by atoms with Crippen molar-refractivity contribution in [2.75, 3.05) is 11.9 Å². The minimum Gasteiger partial charge on any atom is -0.330 e. The maximum Gasteiger partial charge on any atom is 0.262 e. The molecular weight excluding hydrogens is 388 g/mol. The van der Waals surface area contributed by atoms with Gasteiger partial charge in [-0.1, -0.05) is 19.3 Å². The number of carbonyl (C=O) groups is 5. The molecule has 1 aromatic rings. The van der Waals surface area contributed by atoms with Crippen molar-refractivity contribution in [3.8, 4) is 0 Å². The predicted molar refractivity (Wildman–Crippen MR) is 108 cm³/mol. The first-order valence-corrected chi connectivity index (χ1v) is 10.3. The van der Waals surface area contributed by atoms with Crippen molar-refractivity contribution < 1.29 is 24.0 Å². The number of nitrogens with two attached hydrogens (primary N) is 1. The molecule has 0 aromatic heterocycles. The van der Waals surface area contributed by atoms with Gasteiger partial charge in [-0.2, -0.15) is 0 Å². The molecule has 1 unspecified atom stereocenters. The lowest BCUT2D eigenvalue weighted by molar-refractivity contribution is -0.136. The molecule has 1 saturated heterocycles. The van der Waals surface area contributed by atoms with Crippen LogP contribution >= 0.6 is 0 Å². The zero-order valence-corrected chi connectivity index (χ0v) is 16.7. The summed E-state index contributed by atoms with van der Waals surface area (Å²) in [5.41, 5.74) is 6.20. The second-order valence-electron chi connectivity index (χ2n) is 7.56. The highest BCUT2D eigenvalue weighted by atomic mass is 16.2. The third-order valence-electron chi connectivity index (χ3n) is 5.33. The molecule has 1 fully saturated rings. The third kappa shape index (κ3) is 4.73. The average Bonchev–Trinajstić information content (AvgIpc) is 2.95. The summed E-state index contributed by atoms with van der Waals surface area (Å²) in [5, 5.41) is 4.91. The molecule has 9 heteroatoms. The van der Waals surface area contributed by atoms with Crippen molar-refractivity contribution in [1.29, 1.82) is 0 Å². The summed E-state index contributed by atoms with van der Waals surface area (Å²) in [7, 11) is 0. The molecule has 5 amide bonds. The minimum absolute atomic E-state index is 0.0668. The predicted octanol–water partition coefficient (Wildman–Crippen LogP) is 1.33. The van der Waals surface area contributed by atoms with Crippen LogP contribution in [0.1, 0.15) is 72.1 Å². The summed E-state index contributed by atoms with van der Waals surface area (Å²) in [5.74, 6) is -2.40. The summed E-state index contributed by atoms with van der Waals surface area (Å²) in [6.45, 7) is 0.682.